The highest BCUT2D eigenvalue weighted by Gasteiger charge is 2.31. The smallest absolute Gasteiger partial charge is 0.133 e. The van der Waals surface area contributed by atoms with Gasteiger partial charge in [-0.3, -0.25) is 0 Å². The number of hydrogen-bond donors (Lipinski definition) is 2. The second-order valence-electron chi connectivity index (χ2n) is 6.67. The molecule has 0 amide bonds. The van der Waals surface area contributed by atoms with E-state index in [0.717, 1.165) is 48.9 Å². The number of aliphatic hydroxyl groups is 1. The normalized spacial score (nSPS) is 26.8. The van der Waals surface area contributed by atoms with E-state index in [1.54, 1.807) is 0 Å². The molecule has 0 atom stereocenters. The molecule has 1 saturated carbocycles. The fourth-order valence-electron chi connectivity index (χ4n) is 2.67. The molecule has 1 aromatic heterocycles. The third-order valence-corrected chi connectivity index (χ3v) is 4.19. The van der Waals surface area contributed by atoms with Crippen molar-refractivity contribution in [2.24, 2.45) is 5.92 Å². The molecule has 1 aromatic rings. The van der Waals surface area contributed by atoms with Crippen molar-refractivity contribution in [2.75, 3.05) is 11.9 Å². The molecule has 2 N–H and O–H groups in total. The summed E-state index contributed by atoms with van der Waals surface area (Å²) in [5.41, 5.74) is 0.388. The van der Waals surface area contributed by atoms with Crippen LogP contribution in [0, 0.1) is 12.8 Å². The van der Waals surface area contributed by atoms with Gasteiger partial charge < -0.3 is 10.4 Å². The molecule has 112 valence electrons. The monoisotopic (exact) mass is 277 g/mol. The van der Waals surface area contributed by atoms with Gasteiger partial charge in [-0.2, -0.15) is 0 Å². The highest BCUT2D eigenvalue weighted by Crippen LogP contribution is 2.31. The molecule has 0 bridgehead atoms. The Morgan fingerprint density at radius 3 is 2.60 bits per heavy atom. The van der Waals surface area contributed by atoms with Gasteiger partial charge in [-0.1, -0.05) is 20.8 Å². The predicted octanol–water partition coefficient (Wildman–Crippen LogP) is 3.26. The van der Waals surface area contributed by atoms with Gasteiger partial charge in [0.05, 0.1) is 5.60 Å². The zero-order valence-corrected chi connectivity index (χ0v) is 13.1. The summed E-state index contributed by atoms with van der Waals surface area (Å²) in [6.45, 7) is 9.00. The van der Waals surface area contributed by atoms with Crippen LogP contribution in [-0.4, -0.2) is 27.2 Å². The Morgan fingerprint density at radius 2 is 2.00 bits per heavy atom. The van der Waals surface area contributed by atoms with E-state index < -0.39 is 5.60 Å². The Morgan fingerprint density at radius 1 is 1.35 bits per heavy atom. The second-order valence-corrected chi connectivity index (χ2v) is 6.67. The summed E-state index contributed by atoms with van der Waals surface area (Å²) in [4.78, 5) is 8.97. The minimum Gasteiger partial charge on any atom is -0.388 e. The molecule has 1 heterocycles. The van der Waals surface area contributed by atoms with E-state index in [1.165, 1.54) is 0 Å². The third-order valence-electron chi connectivity index (χ3n) is 4.19. The molecular formula is C16H27N3O. The molecule has 1 aliphatic carbocycles. The first-order chi connectivity index (χ1) is 9.38. The number of anilines is 1. The molecule has 1 aliphatic rings. The average Bonchev–Trinajstić information content (AvgIpc) is 2.40. The Bertz CT molecular complexity index is 451. The van der Waals surface area contributed by atoms with Crippen molar-refractivity contribution in [2.45, 2.75) is 64.9 Å². The van der Waals surface area contributed by atoms with Crippen LogP contribution in [0.25, 0.3) is 0 Å². The van der Waals surface area contributed by atoms with Gasteiger partial charge in [0.1, 0.15) is 11.6 Å². The molecule has 4 nitrogen and oxygen atoms in total. The van der Waals surface area contributed by atoms with Crippen molar-refractivity contribution in [3.05, 3.63) is 17.6 Å². The molecule has 0 unspecified atom stereocenters. The summed E-state index contributed by atoms with van der Waals surface area (Å²) in [5, 5.41) is 13.9. The Labute approximate surface area is 122 Å². The van der Waals surface area contributed by atoms with Crippen molar-refractivity contribution >= 4 is 5.82 Å². The fraction of sp³-hybridized carbons (Fsp3) is 0.750. The van der Waals surface area contributed by atoms with Crippen molar-refractivity contribution in [3.63, 3.8) is 0 Å². The van der Waals surface area contributed by atoms with Gasteiger partial charge >= 0.3 is 0 Å². The minimum absolute atomic E-state index is 0.314. The predicted molar refractivity (Wildman–Crippen MR) is 81.9 cm³/mol. The van der Waals surface area contributed by atoms with Crippen LogP contribution in [0.4, 0.5) is 5.82 Å². The van der Waals surface area contributed by atoms with Crippen LogP contribution >= 0.6 is 0 Å². The lowest BCUT2D eigenvalue weighted by atomic mass is 9.79. The summed E-state index contributed by atoms with van der Waals surface area (Å²) in [6, 6.07) is 1.95. The number of aromatic nitrogens is 2. The van der Waals surface area contributed by atoms with Crippen LogP contribution in [-0.2, 0) is 0 Å². The molecule has 0 spiro atoms. The van der Waals surface area contributed by atoms with Crippen LogP contribution in [0.3, 0.4) is 0 Å². The van der Waals surface area contributed by atoms with E-state index in [9.17, 15) is 5.11 Å². The third kappa shape index (κ3) is 3.92. The van der Waals surface area contributed by atoms with Crippen LogP contribution in [0.15, 0.2) is 6.07 Å². The van der Waals surface area contributed by atoms with Gasteiger partial charge in [0.25, 0.3) is 0 Å². The van der Waals surface area contributed by atoms with Gasteiger partial charge in [-0.15, -0.1) is 0 Å². The molecular weight excluding hydrogens is 250 g/mol. The second kappa shape index (κ2) is 6.08. The molecule has 0 aliphatic heterocycles. The van der Waals surface area contributed by atoms with Crippen molar-refractivity contribution in [3.8, 4) is 0 Å². The largest absolute Gasteiger partial charge is 0.388 e. The fourth-order valence-corrected chi connectivity index (χ4v) is 2.67. The molecule has 0 aromatic carbocycles. The highest BCUT2D eigenvalue weighted by atomic mass is 16.3. The number of rotatable bonds is 4. The van der Waals surface area contributed by atoms with Gasteiger partial charge in [0, 0.05) is 24.2 Å². The van der Waals surface area contributed by atoms with Crippen molar-refractivity contribution in [1.29, 1.82) is 0 Å². The molecule has 0 radical (unpaired) electrons. The zero-order chi connectivity index (χ0) is 14.8. The maximum atomic E-state index is 10.6. The van der Waals surface area contributed by atoms with E-state index in [2.05, 4.69) is 36.1 Å². The molecule has 1 fully saturated rings. The van der Waals surface area contributed by atoms with Crippen molar-refractivity contribution < 1.29 is 5.11 Å². The maximum Gasteiger partial charge on any atom is 0.133 e. The molecule has 0 saturated heterocycles. The maximum absolute atomic E-state index is 10.6. The molecule has 4 heteroatoms. The van der Waals surface area contributed by atoms with E-state index >= 15 is 0 Å². The molecule has 20 heavy (non-hydrogen) atoms. The first kappa shape index (κ1) is 15.2. The zero-order valence-electron chi connectivity index (χ0n) is 13.1. The summed E-state index contributed by atoms with van der Waals surface area (Å²) in [5.74, 6) is 2.74. The number of nitrogens with one attached hydrogen (secondary N) is 1. The summed E-state index contributed by atoms with van der Waals surface area (Å²) in [6.07, 6.45) is 3.97. The Kier molecular flexibility index (Phi) is 4.63. The van der Waals surface area contributed by atoms with Crippen LogP contribution in [0.5, 0.6) is 0 Å². The van der Waals surface area contributed by atoms with Crippen LogP contribution in [0.2, 0.25) is 0 Å². The Balaban J connectivity index is 2.00. The number of hydrogen-bond acceptors (Lipinski definition) is 4. The van der Waals surface area contributed by atoms with E-state index in [1.807, 2.05) is 13.0 Å². The SMILES string of the molecule is Cc1cc(NCC2(O)CCC(C)CC2)nc(C(C)C)n1. The minimum atomic E-state index is -0.580. The number of aryl methyl sites for hydroxylation is 1. The highest BCUT2D eigenvalue weighted by molar-refractivity contribution is 5.36. The molecule has 2 rings (SSSR count). The number of nitrogens with zero attached hydrogens (tertiary/aromatic N) is 2. The standard InChI is InChI=1S/C16H27N3O/c1-11(2)15-18-13(4)9-14(19-15)17-10-16(20)7-5-12(3)6-8-16/h9,11-12,20H,5-8,10H2,1-4H3,(H,17,18,19). The Hall–Kier alpha value is -1.16. The van der Waals surface area contributed by atoms with Gasteiger partial charge in [0.2, 0.25) is 0 Å². The lowest BCUT2D eigenvalue weighted by molar-refractivity contribution is 0.00494. The first-order valence-corrected chi connectivity index (χ1v) is 7.70. The lowest BCUT2D eigenvalue weighted by Crippen LogP contribution is -2.40. The van der Waals surface area contributed by atoms with Gasteiger partial charge in [-0.05, 0) is 38.5 Å². The van der Waals surface area contributed by atoms with Gasteiger partial charge in [0.15, 0.2) is 0 Å². The topological polar surface area (TPSA) is 58.0 Å². The van der Waals surface area contributed by atoms with E-state index in [0.29, 0.717) is 12.5 Å². The van der Waals surface area contributed by atoms with Crippen LogP contribution in [0.1, 0.15) is 63.9 Å². The van der Waals surface area contributed by atoms with Gasteiger partial charge in [-0.25, -0.2) is 9.97 Å². The van der Waals surface area contributed by atoms with Crippen LogP contribution < -0.4 is 5.32 Å². The summed E-state index contributed by atoms with van der Waals surface area (Å²) < 4.78 is 0. The summed E-state index contributed by atoms with van der Waals surface area (Å²) in [7, 11) is 0. The average molecular weight is 277 g/mol. The first-order valence-electron chi connectivity index (χ1n) is 7.70. The van der Waals surface area contributed by atoms with Crippen molar-refractivity contribution in [1.82, 2.24) is 9.97 Å². The summed E-state index contributed by atoms with van der Waals surface area (Å²) >= 11 is 0. The lowest BCUT2D eigenvalue weighted by Gasteiger charge is -2.35. The van der Waals surface area contributed by atoms with E-state index in [-0.39, 0.29) is 0 Å². The van der Waals surface area contributed by atoms with E-state index in [4.69, 9.17) is 0 Å². The quantitative estimate of drug-likeness (QED) is 0.887.